The van der Waals surface area contributed by atoms with Crippen molar-refractivity contribution in [3.63, 3.8) is 0 Å². The molecule has 0 amide bonds. The molecule has 3 rings (SSSR count). The number of hydrogen-bond acceptors (Lipinski definition) is 2. The highest BCUT2D eigenvalue weighted by molar-refractivity contribution is 9.10. The molecule has 0 bridgehead atoms. The molecule has 100 valence electrons. The first-order valence-electron chi connectivity index (χ1n) is 6.80. The Morgan fingerprint density at radius 1 is 0.950 bits per heavy atom. The van der Waals surface area contributed by atoms with Crippen molar-refractivity contribution in [3.05, 3.63) is 63.6 Å². The van der Waals surface area contributed by atoms with E-state index in [0.717, 1.165) is 41.7 Å². The summed E-state index contributed by atoms with van der Waals surface area (Å²) in [5.41, 5.74) is 4.64. The van der Waals surface area contributed by atoms with E-state index in [4.69, 9.17) is 0 Å². The Kier molecular flexibility index (Phi) is 3.75. The van der Waals surface area contributed by atoms with Crippen LogP contribution in [0.2, 0.25) is 0 Å². The van der Waals surface area contributed by atoms with Crippen molar-refractivity contribution in [2.75, 3.05) is 18.0 Å². The SMILES string of the molecule is N#Cc1c(Br)cccc1N1CCc2ccccc2CC1. The van der Waals surface area contributed by atoms with Crippen LogP contribution in [-0.4, -0.2) is 13.1 Å². The zero-order chi connectivity index (χ0) is 13.9. The predicted molar refractivity (Wildman–Crippen MR) is 84.9 cm³/mol. The zero-order valence-electron chi connectivity index (χ0n) is 11.1. The predicted octanol–water partition coefficient (Wildman–Crippen LogP) is 3.93. The summed E-state index contributed by atoms with van der Waals surface area (Å²) in [5, 5.41) is 9.37. The summed E-state index contributed by atoms with van der Waals surface area (Å²) in [6, 6.07) is 16.9. The minimum Gasteiger partial charge on any atom is -0.370 e. The third-order valence-corrected chi connectivity index (χ3v) is 4.53. The van der Waals surface area contributed by atoms with E-state index in [2.05, 4.69) is 51.2 Å². The fourth-order valence-electron chi connectivity index (χ4n) is 2.80. The monoisotopic (exact) mass is 326 g/mol. The summed E-state index contributed by atoms with van der Waals surface area (Å²) in [7, 11) is 0. The largest absolute Gasteiger partial charge is 0.370 e. The van der Waals surface area contributed by atoms with Gasteiger partial charge in [0.1, 0.15) is 6.07 Å². The van der Waals surface area contributed by atoms with Gasteiger partial charge in [0.15, 0.2) is 0 Å². The molecule has 3 heteroatoms. The Morgan fingerprint density at radius 2 is 1.60 bits per heavy atom. The van der Waals surface area contributed by atoms with Crippen molar-refractivity contribution in [3.8, 4) is 6.07 Å². The van der Waals surface area contributed by atoms with E-state index in [1.807, 2.05) is 18.2 Å². The van der Waals surface area contributed by atoms with Crippen LogP contribution in [0.3, 0.4) is 0 Å². The van der Waals surface area contributed by atoms with Crippen molar-refractivity contribution >= 4 is 21.6 Å². The molecule has 2 aromatic rings. The van der Waals surface area contributed by atoms with Gasteiger partial charge in [0.2, 0.25) is 0 Å². The molecule has 1 aliphatic rings. The van der Waals surface area contributed by atoms with Crippen molar-refractivity contribution in [1.82, 2.24) is 0 Å². The van der Waals surface area contributed by atoms with Crippen LogP contribution in [0.4, 0.5) is 5.69 Å². The molecule has 1 aliphatic heterocycles. The van der Waals surface area contributed by atoms with E-state index >= 15 is 0 Å². The summed E-state index contributed by atoms with van der Waals surface area (Å²) < 4.78 is 0.874. The summed E-state index contributed by atoms with van der Waals surface area (Å²) in [5.74, 6) is 0. The molecule has 20 heavy (non-hydrogen) atoms. The molecule has 0 saturated carbocycles. The van der Waals surface area contributed by atoms with Crippen LogP contribution in [0.15, 0.2) is 46.9 Å². The molecule has 0 aromatic heterocycles. The van der Waals surface area contributed by atoms with E-state index in [0.29, 0.717) is 0 Å². The minimum absolute atomic E-state index is 0.735. The summed E-state index contributed by atoms with van der Waals surface area (Å²) in [6.45, 7) is 1.92. The lowest BCUT2D eigenvalue weighted by Gasteiger charge is -2.24. The van der Waals surface area contributed by atoms with Crippen LogP contribution in [0.1, 0.15) is 16.7 Å². The van der Waals surface area contributed by atoms with Crippen molar-refractivity contribution < 1.29 is 0 Å². The fourth-order valence-corrected chi connectivity index (χ4v) is 3.24. The van der Waals surface area contributed by atoms with Gasteiger partial charge in [-0.2, -0.15) is 5.26 Å². The van der Waals surface area contributed by atoms with E-state index < -0.39 is 0 Å². The minimum atomic E-state index is 0.735. The standard InChI is InChI=1S/C17H15BrN2/c18-16-6-3-7-17(15(16)12-19)20-10-8-13-4-1-2-5-14(13)9-11-20/h1-7H,8-11H2. The third-order valence-electron chi connectivity index (χ3n) is 3.86. The number of anilines is 1. The van der Waals surface area contributed by atoms with Gasteiger partial charge in [-0.05, 0) is 52.0 Å². The van der Waals surface area contributed by atoms with Crippen LogP contribution in [0.25, 0.3) is 0 Å². The maximum atomic E-state index is 9.37. The van der Waals surface area contributed by atoms with E-state index in [-0.39, 0.29) is 0 Å². The van der Waals surface area contributed by atoms with Crippen molar-refractivity contribution in [1.29, 1.82) is 5.26 Å². The molecule has 0 unspecified atom stereocenters. The lowest BCUT2D eigenvalue weighted by molar-refractivity contribution is 0.804. The first kappa shape index (κ1) is 13.2. The van der Waals surface area contributed by atoms with Crippen LogP contribution < -0.4 is 4.90 Å². The van der Waals surface area contributed by atoms with Gasteiger partial charge in [-0.15, -0.1) is 0 Å². The number of nitriles is 1. The average Bonchev–Trinajstić information content (AvgIpc) is 2.69. The Balaban J connectivity index is 1.91. The highest BCUT2D eigenvalue weighted by atomic mass is 79.9. The second-order valence-electron chi connectivity index (χ2n) is 5.00. The highest BCUT2D eigenvalue weighted by Gasteiger charge is 2.17. The second-order valence-corrected chi connectivity index (χ2v) is 5.86. The topological polar surface area (TPSA) is 27.0 Å². The molecule has 0 N–H and O–H groups in total. The van der Waals surface area contributed by atoms with Gasteiger partial charge < -0.3 is 4.90 Å². The van der Waals surface area contributed by atoms with Gasteiger partial charge in [-0.25, -0.2) is 0 Å². The van der Waals surface area contributed by atoms with Gasteiger partial charge >= 0.3 is 0 Å². The molecule has 0 aliphatic carbocycles. The first-order valence-corrected chi connectivity index (χ1v) is 7.59. The van der Waals surface area contributed by atoms with E-state index in [9.17, 15) is 5.26 Å². The zero-order valence-corrected chi connectivity index (χ0v) is 12.7. The Bertz CT molecular complexity index is 646. The van der Waals surface area contributed by atoms with Gasteiger partial charge in [0.25, 0.3) is 0 Å². The molecule has 1 heterocycles. The van der Waals surface area contributed by atoms with Gasteiger partial charge in [-0.1, -0.05) is 30.3 Å². The number of halogens is 1. The maximum absolute atomic E-state index is 9.37. The average molecular weight is 327 g/mol. The summed E-state index contributed by atoms with van der Waals surface area (Å²) in [6.07, 6.45) is 2.07. The fraction of sp³-hybridized carbons (Fsp3) is 0.235. The van der Waals surface area contributed by atoms with Gasteiger partial charge in [0.05, 0.1) is 11.3 Å². The number of rotatable bonds is 1. The number of fused-ring (bicyclic) bond motifs is 1. The van der Waals surface area contributed by atoms with E-state index in [1.165, 1.54) is 11.1 Å². The number of nitrogens with zero attached hydrogens (tertiary/aromatic N) is 2. The Morgan fingerprint density at radius 3 is 2.20 bits per heavy atom. The molecule has 0 saturated heterocycles. The Labute approximate surface area is 127 Å². The highest BCUT2D eigenvalue weighted by Crippen LogP contribution is 2.29. The summed E-state index contributed by atoms with van der Waals surface area (Å²) in [4.78, 5) is 2.32. The quantitative estimate of drug-likeness (QED) is 0.794. The smallest absolute Gasteiger partial charge is 0.103 e. The molecule has 0 fully saturated rings. The number of benzene rings is 2. The van der Waals surface area contributed by atoms with Crippen molar-refractivity contribution in [2.24, 2.45) is 0 Å². The van der Waals surface area contributed by atoms with Crippen LogP contribution in [0.5, 0.6) is 0 Å². The van der Waals surface area contributed by atoms with Crippen LogP contribution in [0, 0.1) is 11.3 Å². The molecule has 0 radical (unpaired) electrons. The molecule has 0 atom stereocenters. The van der Waals surface area contributed by atoms with Gasteiger partial charge in [-0.3, -0.25) is 0 Å². The summed E-state index contributed by atoms with van der Waals surface area (Å²) >= 11 is 3.47. The van der Waals surface area contributed by atoms with Crippen LogP contribution in [-0.2, 0) is 12.8 Å². The van der Waals surface area contributed by atoms with Gasteiger partial charge in [0, 0.05) is 17.6 Å². The van der Waals surface area contributed by atoms with Crippen LogP contribution >= 0.6 is 15.9 Å². The molecular weight excluding hydrogens is 312 g/mol. The molecule has 2 aromatic carbocycles. The Hall–Kier alpha value is -1.79. The molecular formula is C17H15BrN2. The third kappa shape index (κ3) is 2.44. The normalized spacial score (nSPS) is 14.3. The molecule has 0 spiro atoms. The number of hydrogen-bond donors (Lipinski definition) is 0. The maximum Gasteiger partial charge on any atom is 0.103 e. The lowest BCUT2D eigenvalue weighted by Crippen LogP contribution is -2.26. The van der Waals surface area contributed by atoms with Crippen molar-refractivity contribution in [2.45, 2.75) is 12.8 Å². The lowest BCUT2D eigenvalue weighted by atomic mass is 10.0. The van der Waals surface area contributed by atoms with E-state index in [1.54, 1.807) is 0 Å². The molecule has 2 nitrogen and oxygen atoms in total. The second kappa shape index (κ2) is 5.68. The first-order chi connectivity index (χ1) is 9.79.